The van der Waals surface area contributed by atoms with E-state index in [-0.39, 0.29) is 22.9 Å². The number of halogens is 5. The smallest absolute Gasteiger partial charge is 0.387 e. The van der Waals surface area contributed by atoms with E-state index in [1.165, 1.54) is 10.9 Å². The molecule has 0 fully saturated rings. The van der Waals surface area contributed by atoms with Gasteiger partial charge in [-0.2, -0.15) is 28.5 Å². The molecule has 0 saturated heterocycles. The molecule has 2 N–H and O–H groups in total. The van der Waals surface area contributed by atoms with Crippen molar-refractivity contribution in [1.82, 2.24) is 34.6 Å². The van der Waals surface area contributed by atoms with Crippen molar-refractivity contribution in [1.29, 1.82) is 0 Å². The lowest BCUT2D eigenvalue weighted by Gasteiger charge is -2.25. The molecule has 5 heterocycles. The zero-order chi connectivity index (χ0) is 24.7. The molecule has 0 aliphatic carbocycles. The lowest BCUT2D eigenvalue weighted by Crippen LogP contribution is -2.46. The molecule has 0 saturated carbocycles. The standard InChI is InChI=1S/C10H6ClF3N4O2.C8H8ClN5/c11-6-1-7-15-2-5-8(18(7)16-6)9(20,10(12,13)14)3-17(5)4-19;1-10-6-4-7(9)8(11-5-6)14-12-2-3-13-14/h1-2,4,20H,3H2;2-5,10H,1H3. The van der Waals surface area contributed by atoms with Gasteiger partial charge < -0.3 is 15.3 Å². The fourth-order valence-electron chi connectivity index (χ4n) is 3.26. The van der Waals surface area contributed by atoms with Gasteiger partial charge in [0.2, 0.25) is 12.0 Å². The van der Waals surface area contributed by atoms with E-state index >= 15 is 0 Å². The monoisotopic (exact) mass is 515 g/mol. The minimum atomic E-state index is -4.98. The van der Waals surface area contributed by atoms with Crippen LogP contribution in [0.3, 0.4) is 0 Å². The number of hydrogen-bond acceptors (Lipinski definition) is 8. The summed E-state index contributed by atoms with van der Waals surface area (Å²) >= 11 is 11.6. The predicted molar refractivity (Wildman–Crippen MR) is 115 cm³/mol. The molecule has 4 aromatic heterocycles. The fraction of sp³-hybridized carbons (Fsp3) is 0.222. The molecule has 0 aromatic carbocycles. The number of carbonyl (C=O) groups is 1. The summed E-state index contributed by atoms with van der Waals surface area (Å²) in [5.74, 6) is 0.524. The molecule has 16 heteroatoms. The van der Waals surface area contributed by atoms with Gasteiger partial charge in [-0.15, -0.1) is 4.80 Å². The molecule has 0 bridgehead atoms. The number of nitrogens with zero attached hydrogens (tertiary/aromatic N) is 8. The fourth-order valence-corrected chi connectivity index (χ4v) is 3.67. The van der Waals surface area contributed by atoms with Crippen LogP contribution in [0.5, 0.6) is 0 Å². The van der Waals surface area contributed by atoms with Gasteiger partial charge >= 0.3 is 6.18 Å². The number of nitrogens with one attached hydrogen (secondary N) is 1. The van der Waals surface area contributed by atoms with E-state index in [4.69, 9.17) is 23.2 Å². The first-order valence-corrected chi connectivity index (χ1v) is 10.1. The van der Waals surface area contributed by atoms with Crippen LogP contribution in [0.2, 0.25) is 10.2 Å². The number of aromatic nitrogens is 7. The third-order valence-electron chi connectivity index (χ3n) is 4.85. The van der Waals surface area contributed by atoms with Gasteiger partial charge in [0.15, 0.2) is 16.6 Å². The van der Waals surface area contributed by atoms with Gasteiger partial charge in [0.1, 0.15) is 5.69 Å². The molecule has 1 aliphatic heterocycles. The van der Waals surface area contributed by atoms with Crippen molar-refractivity contribution >= 4 is 46.6 Å². The number of alkyl halides is 3. The maximum absolute atomic E-state index is 13.2. The molecule has 1 aliphatic rings. The molecule has 178 valence electrons. The van der Waals surface area contributed by atoms with Crippen molar-refractivity contribution in [3.8, 4) is 5.82 Å². The SMILES string of the molecule is CNc1cnc(-n2nccn2)c(Cl)c1.O=CN1CC(O)(C(F)(F)F)c2c1cnc1cc(Cl)nn21. The van der Waals surface area contributed by atoms with Crippen molar-refractivity contribution in [3.63, 3.8) is 0 Å². The van der Waals surface area contributed by atoms with Crippen molar-refractivity contribution in [2.24, 2.45) is 0 Å². The number of carbonyl (C=O) groups excluding carboxylic acids is 1. The second-order valence-corrected chi connectivity index (χ2v) is 7.71. The van der Waals surface area contributed by atoms with Crippen LogP contribution >= 0.6 is 23.2 Å². The molecule has 1 amide bonds. The second kappa shape index (κ2) is 8.70. The summed E-state index contributed by atoms with van der Waals surface area (Å²) in [6.45, 7) is -0.951. The molecule has 0 radical (unpaired) electrons. The second-order valence-electron chi connectivity index (χ2n) is 6.92. The third-order valence-corrected chi connectivity index (χ3v) is 5.31. The first-order valence-electron chi connectivity index (χ1n) is 9.35. The highest BCUT2D eigenvalue weighted by molar-refractivity contribution is 6.32. The summed E-state index contributed by atoms with van der Waals surface area (Å²) < 4.78 is 40.3. The van der Waals surface area contributed by atoms with Crippen LogP contribution in [0.15, 0.2) is 36.9 Å². The summed E-state index contributed by atoms with van der Waals surface area (Å²) in [6, 6.07) is 3.02. The van der Waals surface area contributed by atoms with Gasteiger partial charge in [0.05, 0.1) is 47.7 Å². The highest BCUT2D eigenvalue weighted by Crippen LogP contribution is 2.47. The topological polar surface area (TPSA) is 126 Å². The summed E-state index contributed by atoms with van der Waals surface area (Å²) in [5.41, 5.74) is -3.06. The van der Waals surface area contributed by atoms with Crippen LogP contribution in [0.4, 0.5) is 24.5 Å². The summed E-state index contributed by atoms with van der Waals surface area (Å²) in [7, 11) is 1.80. The summed E-state index contributed by atoms with van der Waals surface area (Å²) in [6.07, 6.45) is 1.10. The molecule has 1 unspecified atom stereocenters. The average molecular weight is 516 g/mol. The highest BCUT2D eigenvalue weighted by Gasteiger charge is 2.62. The molecule has 4 aromatic rings. The largest absolute Gasteiger partial charge is 0.424 e. The van der Waals surface area contributed by atoms with E-state index in [2.05, 4.69) is 30.6 Å². The predicted octanol–water partition coefficient (Wildman–Crippen LogP) is 2.47. The minimum Gasteiger partial charge on any atom is -0.387 e. The minimum absolute atomic E-state index is 0.0455. The molecular weight excluding hydrogens is 502 g/mol. The first kappa shape index (κ1) is 23.7. The molecule has 1 atom stereocenters. The number of amides is 1. The molecule has 0 spiro atoms. The number of β-amino-alcohol motifs (C(OH)–C–C–N with tert-alkyl or cyclic N) is 1. The Hall–Kier alpha value is -3.49. The molecule has 5 rings (SSSR count). The van der Waals surface area contributed by atoms with E-state index in [1.54, 1.807) is 31.7 Å². The maximum atomic E-state index is 13.2. The van der Waals surface area contributed by atoms with Gasteiger partial charge in [0, 0.05) is 13.1 Å². The van der Waals surface area contributed by atoms with Gasteiger partial charge in [-0.05, 0) is 6.07 Å². The van der Waals surface area contributed by atoms with Crippen LogP contribution in [-0.2, 0) is 10.4 Å². The Morgan fingerprint density at radius 2 is 1.88 bits per heavy atom. The van der Waals surface area contributed by atoms with Crippen LogP contribution < -0.4 is 10.2 Å². The first-order chi connectivity index (χ1) is 16.1. The van der Waals surface area contributed by atoms with Gasteiger partial charge in [0.25, 0.3) is 0 Å². The zero-order valence-electron chi connectivity index (χ0n) is 17.1. The Labute approximate surface area is 198 Å². The summed E-state index contributed by atoms with van der Waals surface area (Å²) in [4.78, 5) is 21.0. The Balaban J connectivity index is 0.000000172. The third kappa shape index (κ3) is 3.99. The number of anilines is 2. The Morgan fingerprint density at radius 3 is 2.47 bits per heavy atom. The lowest BCUT2D eigenvalue weighted by molar-refractivity contribution is -0.260. The van der Waals surface area contributed by atoms with Crippen LogP contribution in [-0.4, -0.2) is 65.9 Å². The van der Waals surface area contributed by atoms with Gasteiger partial charge in [-0.1, -0.05) is 23.2 Å². The van der Waals surface area contributed by atoms with Gasteiger partial charge in [-0.3, -0.25) is 4.79 Å². The van der Waals surface area contributed by atoms with Gasteiger partial charge in [-0.25, -0.2) is 14.5 Å². The Morgan fingerprint density at radius 1 is 1.18 bits per heavy atom. The number of rotatable bonds is 3. The number of hydrogen-bond donors (Lipinski definition) is 2. The number of aliphatic hydroxyl groups is 1. The van der Waals surface area contributed by atoms with E-state index in [0.717, 1.165) is 21.3 Å². The maximum Gasteiger partial charge on any atom is 0.424 e. The average Bonchev–Trinajstić information content (AvgIpc) is 3.51. The lowest BCUT2D eigenvalue weighted by atomic mass is 10.0. The van der Waals surface area contributed by atoms with E-state index in [0.29, 0.717) is 10.8 Å². The van der Waals surface area contributed by atoms with E-state index in [9.17, 15) is 23.1 Å². The van der Waals surface area contributed by atoms with Crippen molar-refractivity contribution in [2.45, 2.75) is 11.8 Å². The normalized spacial score (nSPS) is 17.3. The van der Waals surface area contributed by atoms with Crippen molar-refractivity contribution in [2.75, 3.05) is 23.8 Å². The quantitative estimate of drug-likeness (QED) is 0.398. The van der Waals surface area contributed by atoms with Crippen LogP contribution in [0, 0.1) is 0 Å². The molecule has 11 nitrogen and oxygen atoms in total. The van der Waals surface area contributed by atoms with E-state index in [1.807, 2.05) is 0 Å². The van der Waals surface area contributed by atoms with Crippen molar-refractivity contribution < 1.29 is 23.1 Å². The summed E-state index contributed by atoms with van der Waals surface area (Å²) in [5, 5.41) is 25.0. The van der Waals surface area contributed by atoms with Crippen LogP contribution in [0.25, 0.3) is 11.5 Å². The Bertz CT molecular complexity index is 1350. The number of pyridine rings is 1. The molecule has 34 heavy (non-hydrogen) atoms. The van der Waals surface area contributed by atoms with E-state index < -0.39 is 24.0 Å². The van der Waals surface area contributed by atoms with Crippen LogP contribution in [0.1, 0.15) is 5.69 Å². The highest BCUT2D eigenvalue weighted by atomic mass is 35.5. The Kier molecular flexibility index (Phi) is 6.05. The molecular formula is C18H14Cl2F3N9O2. The number of fused-ring (bicyclic) bond motifs is 3. The zero-order valence-corrected chi connectivity index (χ0v) is 18.6. The van der Waals surface area contributed by atoms with Crippen molar-refractivity contribution in [3.05, 3.63) is 52.8 Å².